The van der Waals surface area contributed by atoms with Gasteiger partial charge in [-0.05, 0) is 38.3 Å². The molecule has 1 heterocycles. The van der Waals surface area contributed by atoms with E-state index in [0.717, 1.165) is 12.2 Å². The standard InChI is InChI=1S/C14H22FN3OS/c1-5-16-13-12(15)11(6-8-17-13)14(19)18(3)10(2)7-9-20-4/h6,8,10H,5,7,9H2,1-4H3,(H,16,17). The maximum absolute atomic E-state index is 14.2. The minimum atomic E-state index is -0.580. The number of carbonyl (C=O) groups is 1. The zero-order valence-electron chi connectivity index (χ0n) is 12.4. The van der Waals surface area contributed by atoms with Gasteiger partial charge in [-0.15, -0.1) is 0 Å². The summed E-state index contributed by atoms with van der Waals surface area (Å²) in [6, 6.07) is 1.50. The van der Waals surface area contributed by atoms with E-state index in [-0.39, 0.29) is 23.3 Å². The van der Waals surface area contributed by atoms with Crippen molar-refractivity contribution in [1.29, 1.82) is 0 Å². The van der Waals surface area contributed by atoms with Crippen LogP contribution in [0.25, 0.3) is 0 Å². The lowest BCUT2D eigenvalue weighted by Gasteiger charge is -2.25. The van der Waals surface area contributed by atoms with Crippen molar-refractivity contribution in [3.05, 3.63) is 23.6 Å². The number of thioether (sulfide) groups is 1. The molecule has 0 fully saturated rings. The summed E-state index contributed by atoms with van der Waals surface area (Å²) in [5.74, 6) is 0.213. The van der Waals surface area contributed by atoms with Crippen molar-refractivity contribution in [3.63, 3.8) is 0 Å². The molecule has 1 aromatic heterocycles. The highest BCUT2D eigenvalue weighted by Crippen LogP contribution is 2.18. The third-order valence-corrected chi connectivity index (χ3v) is 3.83. The average molecular weight is 299 g/mol. The van der Waals surface area contributed by atoms with Gasteiger partial charge in [0.1, 0.15) is 0 Å². The van der Waals surface area contributed by atoms with Crippen molar-refractivity contribution >= 4 is 23.5 Å². The Kier molecular flexibility index (Phi) is 6.78. The molecule has 0 aliphatic rings. The van der Waals surface area contributed by atoms with E-state index in [1.165, 1.54) is 12.3 Å². The van der Waals surface area contributed by atoms with E-state index in [1.54, 1.807) is 23.7 Å². The molecule has 0 spiro atoms. The van der Waals surface area contributed by atoms with Gasteiger partial charge < -0.3 is 10.2 Å². The highest BCUT2D eigenvalue weighted by molar-refractivity contribution is 7.98. The van der Waals surface area contributed by atoms with Gasteiger partial charge in [-0.2, -0.15) is 11.8 Å². The summed E-state index contributed by atoms with van der Waals surface area (Å²) in [6.07, 6.45) is 4.37. The molecule has 0 bridgehead atoms. The number of amides is 1. The van der Waals surface area contributed by atoms with Gasteiger partial charge in [-0.3, -0.25) is 4.79 Å². The molecule has 0 saturated carbocycles. The van der Waals surface area contributed by atoms with Crippen molar-refractivity contribution in [3.8, 4) is 0 Å². The Bertz CT molecular complexity index is 456. The molecular formula is C14H22FN3OS. The van der Waals surface area contributed by atoms with Gasteiger partial charge in [-0.1, -0.05) is 0 Å². The molecule has 4 nitrogen and oxygen atoms in total. The van der Waals surface area contributed by atoms with E-state index < -0.39 is 5.82 Å². The van der Waals surface area contributed by atoms with Crippen LogP contribution in [0.5, 0.6) is 0 Å². The molecule has 0 aliphatic carbocycles. The number of hydrogen-bond acceptors (Lipinski definition) is 4. The van der Waals surface area contributed by atoms with Crippen LogP contribution in [0.1, 0.15) is 30.6 Å². The van der Waals surface area contributed by atoms with E-state index in [2.05, 4.69) is 10.3 Å². The fourth-order valence-corrected chi connectivity index (χ4v) is 2.35. The molecule has 0 saturated heterocycles. The van der Waals surface area contributed by atoms with E-state index in [1.807, 2.05) is 20.1 Å². The lowest BCUT2D eigenvalue weighted by atomic mass is 10.1. The van der Waals surface area contributed by atoms with Gasteiger partial charge in [0.25, 0.3) is 5.91 Å². The summed E-state index contributed by atoms with van der Waals surface area (Å²) < 4.78 is 14.2. The second-order valence-corrected chi connectivity index (χ2v) is 5.58. The molecule has 1 aromatic rings. The molecule has 0 radical (unpaired) electrons. The highest BCUT2D eigenvalue weighted by Gasteiger charge is 2.22. The van der Waals surface area contributed by atoms with Gasteiger partial charge in [0.15, 0.2) is 11.6 Å². The maximum Gasteiger partial charge on any atom is 0.257 e. The monoisotopic (exact) mass is 299 g/mol. The van der Waals surface area contributed by atoms with Crippen molar-refractivity contribution in [1.82, 2.24) is 9.88 Å². The van der Waals surface area contributed by atoms with Gasteiger partial charge >= 0.3 is 0 Å². The number of halogens is 1. The molecule has 1 amide bonds. The molecule has 6 heteroatoms. The molecule has 1 rings (SSSR count). The molecule has 1 atom stereocenters. The van der Waals surface area contributed by atoms with Crippen molar-refractivity contribution in [2.75, 3.05) is 30.9 Å². The normalized spacial score (nSPS) is 12.1. The number of rotatable bonds is 7. The smallest absolute Gasteiger partial charge is 0.257 e. The van der Waals surface area contributed by atoms with Crippen LogP contribution >= 0.6 is 11.8 Å². The first-order chi connectivity index (χ1) is 9.52. The number of aromatic nitrogens is 1. The highest BCUT2D eigenvalue weighted by atomic mass is 32.2. The zero-order chi connectivity index (χ0) is 15.1. The minimum Gasteiger partial charge on any atom is -0.368 e. The Balaban J connectivity index is 2.88. The fraction of sp³-hybridized carbons (Fsp3) is 0.571. The molecule has 1 unspecified atom stereocenters. The second-order valence-electron chi connectivity index (χ2n) is 4.60. The van der Waals surface area contributed by atoms with Crippen LogP contribution in [0.2, 0.25) is 0 Å². The van der Waals surface area contributed by atoms with Crippen LogP contribution in [0.15, 0.2) is 12.3 Å². The lowest BCUT2D eigenvalue weighted by Crippen LogP contribution is -2.36. The summed E-state index contributed by atoms with van der Waals surface area (Å²) >= 11 is 1.74. The van der Waals surface area contributed by atoms with Crippen molar-refractivity contribution in [2.45, 2.75) is 26.3 Å². The van der Waals surface area contributed by atoms with Crippen LogP contribution in [0.3, 0.4) is 0 Å². The molecular weight excluding hydrogens is 277 g/mol. The SMILES string of the molecule is CCNc1nccc(C(=O)N(C)C(C)CCSC)c1F. The predicted molar refractivity (Wildman–Crippen MR) is 82.9 cm³/mol. The minimum absolute atomic E-state index is 0.0643. The van der Waals surface area contributed by atoms with Gasteiger partial charge in [-0.25, -0.2) is 9.37 Å². The molecule has 112 valence electrons. The number of carbonyl (C=O) groups excluding carboxylic acids is 1. The van der Waals surface area contributed by atoms with Crippen LogP contribution < -0.4 is 5.32 Å². The van der Waals surface area contributed by atoms with E-state index in [4.69, 9.17) is 0 Å². The molecule has 20 heavy (non-hydrogen) atoms. The van der Waals surface area contributed by atoms with Crippen molar-refractivity contribution < 1.29 is 9.18 Å². The Morgan fingerprint density at radius 2 is 2.30 bits per heavy atom. The Hall–Kier alpha value is -1.30. The number of pyridine rings is 1. The molecule has 0 aromatic carbocycles. The first-order valence-corrected chi connectivity index (χ1v) is 8.06. The topological polar surface area (TPSA) is 45.2 Å². The van der Waals surface area contributed by atoms with Crippen LogP contribution in [-0.4, -0.2) is 47.4 Å². The van der Waals surface area contributed by atoms with Crippen molar-refractivity contribution in [2.24, 2.45) is 0 Å². The summed E-state index contributed by atoms with van der Waals surface area (Å²) in [4.78, 5) is 17.8. The Morgan fingerprint density at radius 3 is 2.90 bits per heavy atom. The van der Waals surface area contributed by atoms with Gasteiger partial charge in [0.2, 0.25) is 0 Å². The Labute approximate surface area is 124 Å². The fourth-order valence-electron chi connectivity index (χ4n) is 1.77. The van der Waals surface area contributed by atoms with E-state index in [0.29, 0.717) is 6.54 Å². The summed E-state index contributed by atoms with van der Waals surface area (Å²) in [6.45, 7) is 4.38. The molecule has 0 aliphatic heterocycles. The quantitative estimate of drug-likeness (QED) is 0.841. The first-order valence-electron chi connectivity index (χ1n) is 6.67. The first kappa shape index (κ1) is 16.8. The van der Waals surface area contributed by atoms with E-state index >= 15 is 0 Å². The largest absolute Gasteiger partial charge is 0.368 e. The van der Waals surface area contributed by atoms with Gasteiger partial charge in [0, 0.05) is 25.8 Å². The number of hydrogen-bond donors (Lipinski definition) is 1. The summed E-state index contributed by atoms with van der Waals surface area (Å²) in [7, 11) is 1.71. The second kappa shape index (κ2) is 8.09. The maximum atomic E-state index is 14.2. The predicted octanol–water partition coefficient (Wildman–Crippen LogP) is 2.87. The van der Waals surface area contributed by atoms with Crippen LogP contribution in [-0.2, 0) is 0 Å². The number of anilines is 1. The molecule has 1 N–H and O–H groups in total. The van der Waals surface area contributed by atoms with Gasteiger partial charge in [0.05, 0.1) is 5.56 Å². The van der Waals surface area contributed by atoms with Crippen LogP contribution in [0, 0.1) is 5.82 Å². The lowest BCUT2D eigenvalue weighted by molar-refractivity contribution is 0.0736. The average Bonchev–Trinajstić information content (AvgIpc) is 2.45. The van der Waals surface area contributed by atoms with E-state index in [9.17, 15) is 9.18 Å². The third kappa shape index (κ3) is 4.10. The number of nitrogens with zero attached hydrogens (tertiary/aromatic N) is 2. The number of nitrogens with one attached hydrogen (secondary N) is 1. The Morgan fingerprint density at radius 1 is 1.60 bits per heavy atom. The van der Waals surface area contributed by atoms with Crippen LogP contribution in [0.4, 0.5) is 10.2 Å². The zero-order valence-corrected chi connectivity index (χ0v) is 13.3. The third-order valence-electron chi connectivity index (χ3n) is 3.19. The summed E-state index contributed by atoms with van der Waals surface area (Å²) in [5.41, 5.74) is 0.0643. The summed E-state index contributed by atoms with van der Waals surface area (Å²) in [5, 5.41) is 2.81.